The minimum atomic E-state index is -0.195. The molecule has 1 aromatic carbocycles. The van der Waals surface area contributed by atoms with E-state index in [-0.39, 0.29) is 11.9 Å². The number of carbonyl (C=O) groups is 1. The monoisotopic (exact) mass is 342 g/mol. The molecule has 2 aromatic rings. The van der Waals surface area contributed by atoms with E-state index >= 15 is 0 Å². The Morgan fingerprint density at radius 2 is 2.08 bits per heavy atom. The lowest BCUT2D eigenvalue weighted by Gasteiger charge is -2.10. The van der Waals surface area contributed by atoms with Gasteiger partial charge in [0.25, 0.3) is 5.19 Å². The fourth-order valence-corrected chi connectivity index (χ4v) is 2.70. The van der Waals surface area contributed by atoms with Gasteiger partial charge in [-0.2, -0.15) is 0 Å². The Kier molecular flexibility index (Phi) is 5.99. The molecule has 1 N–H and O–H groups in total. The number of hydrogen-bond donors (Lipinski definition) is 1. The maximum absolute atomic E-state index is 11.0. The molecule has 0 radical (unpaired) electrons. The standard InChI is InChI=1S/C19H22N2O2S/c1-12(2)16-8-6-13(3)18(10-16)23-19-20-11-17(24-19)9-7-14(4)21-15(5)22/h6,8,10-12,14H,1-5H3,(H,21,22). The summed E-state index contributed by atoms with van der Waals surface area (Å²) in [5, 5.41) is 3.29. The van der Waals surface area contributed by atoms with Gasteiger partial charge in [-0.15, -0.1) is 0 Å². The van der Waals surface area contributed by atoms with Crippen molar-refractivity contribution in [3.8, 4) is 22.8 Å². The van der Waals surface area contributed by atoms with Gasteiger partial charge in [0.1, 0.15) is 10.6 Å². The molecule has 0 saturated heterocycles. The van der Waals surface area contributed by atoms with Gasteiger partial charge >= 0.3 is 0 Å². The zero-order valence-corrected chi connectivity index (χ0v) is 15.5. The van der Waals surface area contributed by atoms with E-state index < -0.39 is 0 Å². The third-order valence-electron chi connectivity index (χ3n) is 3.39. The van der Waals surface area contributed by atoms with Crippen LogP contribution in [0.15, 0.2) is 24.4 Å². The second kappa shape index (κ2) is 7.98. The Labute approximate surface area is 147 Å². The van der Waals surface area contributed by atoms with Gasteiger partial charge in [0.05, 0.1) is 12.2 Å². The first kappa shape index (κ1) is 18.0. The van der Waals surface area contributed by atoms with Crippen LogP contribution in [0.25, 0.3) is 0 Å². The van der Waals surface area contributed by atoms with E-state index in [4.69, 9.17) is 4.74 Å². The van der Waals surface area contributed by atoms with Crippen LogP contribution >= 0.6 is 11.3 Å². The summed E-state index contributed by atoms with van der Waals surface area (Å²) in [6, 6.07) is 6.05. The topological polar surface area (TPSA) is 51.2 Å². The lowest BCUT2D eigenvalue weighted by atomic mass is 10.0. The van der Waals surface area contributed by atoms with Crippen molar-refractivity contribution in [1.82, 2.24) is 10.3 Å². The van der Waals surface area contributed by atoms with Gasteiger partial charge in [-0.3, -0.25) is 4.79 Å². The van der Waals surface area contributed by atoms with Crippen molar-refractivity contribution < 1.29 is 9.53 Å². The fraction of sp³-hybridized carbons (Fsp3) is 0.368. The second-order valence-electron chi connectivity index (χ2n) is 5.96. The molecule has 24 heavy (non-hydrogen) atoms. The van der Waals surface area contributed by atoms with Crippen molar-refractivity contribution in [2.75, 3.05) is 0 Å². The number of rotatable bonds is 4. The lowest BCUT2D eigenvalue weighted by molar-refractivity contribution is -0.119. The maximum atomic E-state index is 11.0. The summed E-state index contributed by atoms with van der Waals surface area (Å²) in [5.41, 5.74) is 2.30. The van der Waals surface area contributed by atoms with Crippen LogP contribution in [0.5, 0.6) is 10.9 Å². The average Bonchev–Trinajstić information content (AvgIpc) is 2.94. The minimum absolute atomic E-state index is 0.0920. The first-order chi connectivity index (χ1) is 11.3. The smallest absolute Gasteiger partial charge is 0.279 e. The van der Waals surface area contributed by atoms with Crippen LogP contribution in [0, 0.1) is 18.8 Å². The van der Waals surface area contributed by atoms with E-state index in [1.165, 1.54) is 23.8 Å². The van der Waals surface area contributed by atoms with Crippen molar-refractivity contribution in [2.24, 2.45) is 0 Å². The summed E-state index contributed by atoms with van der Waals surface area (Å²) in [6.45, 7) is 9.64. The molecule has 0 aliphatic rings. The highest BCUT2D eigenvalue weighted by atomic mass is 32.1. The summed E-state index contributed by atoms with van der Waals surface area (Å²) < 4.78 is 5.92. The maximum Gasteiger partial charge on any atom is 0.279 e. The largest absolute Gasteiger partial charge is 0.431 e. The summed E-state index contributed by atoms with van der Waals surface area (Å²) >= 11 is 1.39. The van der Waals surface area contributed by atoms with E-state index in [0.717, 1.165) is 16.2 Å². The summed E-state index contributed by atoms with van der Waals surface area (Å²) in [5.74, 6) is 7.16. The SMILES string of the molecule is CC(=O)NC(C)C#Cc1cnc(Oc2cc(C(C)C)ccc2C)s1. The molecule has 0 bridgehead atoms. The Bertz CT molecular complexity index is 784. The number of nitrogens with one attached hydrogen (secondary N) is 1. The Morgan fingerprint density at radius 1 is 1.33 bits per heavy atom. The molecular formula is C19H22N2O2S. The number of benzene rings is 1. The first-order valence-corrected chi connectivity index (χ1v) is 8.69. The van der Waals surface area contributed by atoms with E-state index in [1.54, 1.807) is 6.20 Å². The van der Waals surface area contributed by atoms with E-state index in [2.05, 4.69) is 54.2 Å². The molecule has 1 heterocycles. The molecule has 0 fully saturated rings. The molecule has 5 heteroatoms. The molecular weight excluding hydrogens is 320 g/mol. The normalized spacial score (nSPS) is 11.6. The van der Waals surface area contributed by atoms with Crippen molar-refractivity contribution in [3.63, 3.8) is 0 Å². The molecule has 1 atom stereocenters. The molecule has 0 aliphatic heterocycles. The molecule has 126 valence electrons. The zero-order chi connectivity index (χ0) is 17.7. The van der Waals surface area contributed by atoms with Crippen LogP contribution in [-0.4, -0.2) is 16.9 Å². The van der Waals surface area contributed by atoms with Crippen LogP contribution in [0.1, 0.15) is 49.6 Å². The van der Waals surface area contributed by atoms with Gasteiger partial charge in [0.2, 0.25) is 5.91 Å². The number of thiazole rings is 1. The minimum Gasteiger partial charge on any atom is -0.431 e. The summed E-state index contributed by atoms with van der Waals surface area (Å²) in [6.07, 6.45) is 1.69. The predicted octanol–water partition coefficient (Wildman–Crippen LogP) is 4.24. The van der Waals surface area contributed by atoms with Gasteiger partial charge in [0.15, 0.2) is 0 Å². The third-order valence-corrected chi connectivity index (χ3v) is 4.18. The zero-order valence-electron chi connectivity index (χ0n) is 14.6. The summed E-state index contributed by atoms with van der Waals surface area (Å²) in [7, 11) is 0. The summed E-state index contributed by atoms with van der Waals surface area (Å²) in [4.78, 5) is 16.0. The van der Waals surface area contributed by atoms with Crippen molar-refractivity contribution in [3.05, 3.63) is 40.4 Å². The highest BCUT2D eigenvalue weighted by molar-refractivity contribution is 7.13. The van der Waals surface area contributed by atoms with Gasteiger partial charge in [-0.05, 0) is 37.0 Å². The molecule has 2 rings (SSSR count). The predicted molar refractivity (Wildman–Crippen MR) is 97.6 cm³/mol. The molecule has 0 saturated carbocycles. The van der Waals surface area contributed by atoms with Crippen LogP contribution < -0.4 is 10.1 Å². The molecule has 4 nitrogen and oxygen atoms in total. The fourth-order valence-electron chi connectivity index (χ4n) is 2.06. The second-order valence-corrected chi connectivity index (χ2v) is 6.96. The first-order valence-electron chi connectivity index (χ1n) is 7.88. The molecule has 0 spiro atoms. The number of hydrogen-bond acceptors (Lipinski definition) is 4. The average molecular weight is 342 g/mol. The van der Waals surface area contributed by atoms with E-state index in [1.807, 2.05) is 13.8 Å². The Hall–Kier alpha value is -2.32. The third kappa shape index (κ3) is 5.10. The highest BCUT2D eigenvalue weighted by Gasteiger charge is 2.08. The Morgan fingerprint density at radius 3 is 2.75 bits per heavy atom. The van der Waals surface area contributed by atoms with Crippen LogP contribution in [0.3, 0.4) is 0 Å². The highest BCUT2D eigenvalue weighted by Crippen LogP contribution is 2.30. The molecule has 1 amide bonds. The lowest BCUT2D eigenvalue weighted by Crippen LogP contribution is -2.28. The number of carbonyl (C=O) groups excluding carboxylic acids is 1. The van der Waals surface area contributed by atoms with E-state index in [9.17, 15) is 4.79 Å². The van der Waals surface area contributed by atoms with Gasteiger partial charge in [-0.25, -0.2) is 4.98 Å². The number of nitrogens with zero attached hydrogens (tertiary/aromatic N) is 1. The molecule has 1 aromatic heterocycles. The van der Waals surface area contributed by atoms with E-state index in [0.29, 0.717) is 11.1 Å². The van der Waals surface area contributed by atoms with Gasteiger partial charge in [0, 0.05) is 6.92 Å². The quantitative estimate of drug-likeness (QED) is 0.845. The van der Waals surface area contributed by atoms with Crippen LogP contribution in [-0.2, 0) is 4.79 Å². The van der Waals surface area contributed by atoms with Crippen LogP contribution in [0.4, 0.5) is 0 Å². The number of aromatic nitrogens is 1. The van der Waals surface area contributed by atoms with Gasteiger partial charge < -0.3 is 10.1 Å². The Balaban J connectivity index is 2.11. The number of aryl methyl sites for hydroxylation is 1. The van der Waals surface area contributed by atoms with Crippen molar-refractivity contribution in [1.29, 1.82) is 0 Å². The number of ether oxygens (including phenoxy) is 1. The molecule has 1 unspecified atom stereocenters. The number of amides is 1. The van der Waals surface area contributed by atoms with Crippen molar-refractivity contribution in [2.45, 2.75) is 46.6 Å². The van der Waals surface area contributed by atoms with Crippen LogP contribution in [0.2, 0.25) is 0 Å². The van der Waals surface area contributed by atoms with Crippen molar-refractivity contribution >= 4 is 17.2 Å². The van der Waals surface area contributed by atoms with Gasteiger partial charge in [-0.1, -0.05) is 49.2 Å². The molecule has 0 aliphatic carbocycles.